The smallest absolute Gasteiger partial charge is 0.407 e. The molecule has 1 aromatic rings. The maximum atomic E-state index is 11.7. The van der Waals surface area contributed by atoms with E-state index in [0.717, 1.165) is 16.2 Å². The van der Waals surface area contributed by atoms with E-state index in [1.165, 1.54) is 6.07 Å². The molecule has 0 aromatic carbocycles. The number of hydrogen-bond donors (Lipinski definition) is 2. The summed E-state index contributed by atoms with van der Waals surface area (Å²) in [6, 6.07) is 3.29. The fourth-order valence-electron chi connectivity index (χ4n) is 1.84. The number of nitrogens with one attached hydrogen (secondary N) is 2. The maximum Gasteiger partial charge on any atom is 0.407 e. The number of ether oxygens (including phenoxy) is 1. The van der Waals surface area contributed by atoms with Gasteiger partial charge in [-0.3, -0.25) is 10.1 Å². The van der Waals surface area contributed by atoms with E-state index in [4.69, 9.17) is 4.74 Å². The van der Waals surface area contributed by atoms with Gasteiger partial charge in [-0.2, -0.15) is 0 Å². The van der Waals surface area contributed by atoms with Crippen molar-refractivity contribution in [1.82, 2.24) is 10.6 Å². The minimum Gasteiger partial charge on any atom is -0.444 e. The second-order valence-electron chi connectivity index (χ2n) is 6.61. The highest BCUT2D eigenvalue weighted by atomic mass is 32.1. The van der Waals surface area contributed by atoms with Gasteiger partial charge in [0.1, 0.15) is 5.60 Å². The van der Waals surface area contributed by atoms with Crippen LogP contribution in [0.5, 0.6) is 0 Å². The molecule has 23 heavy (non-hydrogen) atoms. The van der Waals surface area contributed by atoms with Crippen LogP contribution in [0.1, 0.15) is 39.5 Å². The van der Waals surface area contributed by atoms with Gasteiger partial charge in [-0.25, -0.2) is 4.79 Å². The van der Waals surface area contributed by atoms with Crippen LogP contribution >= 0.6 is 11.3 Å². The summed E-state index contributed by atoms with van der Waals surface area (Å²) in [6.07, 6.45) is -0.447. The Morgan fingerprint density at radius 3 is 2.52 bits per heavy atom. The van der Waals surface area contributed by atoms with Crippen molar-refractivity contribution in [2.75, 3.05) is 6.54 Å². The molecule has 7 nitrogen and oxygen atoms in total. The van der Waals surface area contributed by atoms with Crippen molar-refractivity contribution in [2.45, 2.75) is 52.8 Å². The number of carbonyl (C=O) groups is 1. The number of amides is 1. The fourth-order valence-corrected chi connectivity index (χ4v) is 2.61. The average Bonchev–Trinajstić information content (AvgIpc) is 2.85. The molecule has 0 fully saturated rings. The molecular formula is C15H25N3O4S. The van der Waals surface area contributed by atoms with Crippen LogP contribution in [0.3, 0.4) is 0 Å². The fraction of sp³-hybridized carbons (Fsp3) is 0.667. The van der Waals surface area contributed by atoms with Gasteiger partial charge in [0.15, 0.2) is 0 Å². The minimum absolute atomic E-state index is 0.0451. The van der Waals surface area contributed by atoms with Gasteiger partial charge >= 0.3 is 11.1 Å². The van der Waals surface area contributed by atoms with Crippen molar-refractivity contribution >= 4 is 22.4 Å². The van der Waals surface area contributed by atoms with Crippen molar-refractivity contribution in [3.63, 3.8) is 0 Å². The molecular weight excluding hydrogens is 318 g/mol. The standard InChI is InChI=1S/C15H25N3O4S/c1-10(2)12(9-17-14(19)22-15(3,4)5)16-8-11-6-7-13(23-11)18(20)21/h6-7,10,12,16H,8-9H2,1-5H3,(H,17,19). The van der Waals surface area contributed by atoms with Crippen LogP contribution in [-0.4, -0.2) is 29.2 Å². The molecule has 0 radical (unpaired) electrons. The molecule has 2 N–H and O–H groups in total. The Balaban J connectivity index is 2.48. The van der Waals surface area contributed by atoms with Crippen molar-refractivity contribution in [3.05, 3.63) is 27.1 Å². The van der Waals surface area contributed by atoms with Crippen LogP contribution in [0.15, 0.2) is 12.1 Å². The molecule has 1 atom stereocenters. The number of nitro groups is 1. The molecule has 1 unspecified atom stereocenters. The average molecular weight is 343 g/mol. The van der Waals surface area contributed by atoms with Crippen LogP contribution in [0.4, 0.5) is 9.80 Å². The Hall–Kier alpha value is -1.67. The van der Waals surface area contributed by atoms with Crippen molar-refractivity contribution in [3.8, 4) is 0 Å². The number of alkyl carbamates (subject to hydrolysis) is 1. The van der Waals surface area contributed by atoms with E-state index in [1.54, 1.807) is 6.07 Å². The molecule has 130 valence electrons. The van der Waals surface area contributed by atoms with Gasteiger partial charge in [0.05, 0.1) is 4.92 Å². The number of rotatable bonds is 7. The molecule has 0 saturated carbocycles. The molecule has 0 aliphatic heterocycles. The zero-order valence-electron chi connectivity index (χ0n) is 14.2. The minimum atomic E-state index is -0.527. The van der Waals surface area contributed by atoms with Crippen LogP contribution in [0.2, 0.25) is 0 Å². The predicted octanol–water partition coefficient (Wildman–Crippen LogP) is 3.30. The van der Waals surface area contributed by atoms with Crippen LogP contribution in [-0.2, 0) is 11.3 Å². The molecule has 1 heterocycles. The second kappa shape index (κ2) is 8.26. The Morgan fingerprint density at radius 2 is 2.04 bits per heavy atom. The second-order valence-corrected chi connectivity index (χ2v) is 7.76. The van der Waals surface area contributed by atoms with Crippen LogP contribution in [0, 0.1) is 16.0 Å². The van der Waals surface area contributed by atoms with E-state index in [1.807, 2.05) is 34.6 Å². The van der Waals surface area contributed by atoms with Crippen molar-refractivity contribution < 1.29 is 14.5 Å². The van der Waals surface area contributed by atoms with Gasteiger partial charge in [0.2, 0.25) is 0 Å². The van der Waals surface area contributed by atoms with E-state index in [0.29, 0.717) is 19.0 Å². The molecule has 8 heteroatoms. The van der Waals surface area contributed by atoms with Crippen LogP contribution < -0.4 is 10.6 Å². The number of carbonyl (C=O) groups excluding carboxylic acids is 1. The molecule has 1 amide bonds. The van der Waals surface area contributed by atoms with E-state index in [2.05, 4.69) is 10.6 Å². The van der Waals surface area contributed by atoms with E-state index >= 15 is 0 Å². The van der Waals surface area contributed by atoms with Gasteiger partial charge in [-0.15, -0.1) is 0 Å². The van der Waals surface area contributed by atoms with E-state index in [-0.39, 0.29) is 11.0 Å². The van der Waals surface area contributed by atoms with Crippen molar-refractivity contribution in [2.24, 2.45) is 5.92 Å². The number of hydrogen-bond acceptors (Lipinski definition) is 6. The zero-order chi connectivity index (χ0) is 17.6. The highest BCUT2D eigenvalue weighted by Gasteiger charge is 2.19. The molecule has 1 aromatic heterocycles. The number of nitrogens with zero attached hydrogens (tertiary/aromatic N) is 1. The summed E-state index contributed by atoms with van der Waals surface area (Å²) in [4.78, 5) is 22.9. The highest BCUT2D eigenvalue weighted by Crippen LogP contribution is 2.23. The third-order valence-electron chi connectivity index (χ3n) is 3.04. The topological polar surface area (TPSA) is 93.5 Å². The van der Waals surface area contributed by atoms with Gasteiger partial charge in [-0.05, 0) is 32.8 Å². The van der Waals surface area contributed by atoms with Gasteiger partial charge in [0.25, 0.3) is 0 Å². The quantitative estimate of drug-likeness (QED) is 0.585. The Kier molecular flexibility index (Phi) is 6.96. The summed E-state index contributed by atoms with van der Waals surface area (Å²) in [5.41, 5.74) is -0.527. The van der Waals surface area contributed by atoms with Crippen LogP contribution in [0.25, 0.3) is 0 Å². The monoisotopic (exact) mass is 343 g/mol. The lowest BCUT2D eigenvalue weighted by atomic mass is 10.0. The zero-order valence-corrected chi connectivity index (χ0v) is 15.0. The van der Waals surface area contributed by atoms with Gasteiger partial charge < -0.3 is 15.4 Å². The lowest BCUT2D eigenvalue weighted by Gasteiger charge is -2.24. The largest absolute Gasteiger partial charge is 0.444 e. The molecule has 0 aliphatic rings. The van der Waals surface area contributed by atoms with E-state index < -0.39 is 16.6 Å². The third kappa shape index (κ3) is 7.43. The van der Waals surface area contributed by atoms with Gasteiger partial charge in [-0.1, -0.05) is 25.2 Å². The summed E-state index contributed by atoms with van der Waals surface area (Å²) in [7, 11) is 0. The summed E-state index contributed by atoms with van der Waals surface area (Å²) in [5, 5.41) is 16.9. The summed E-state index contributed by atoms with van der Waals surface area (Å²) in [6.45, 7) is 10.5. The third-order valence-corrected chi connectivity index (χ3v) is 4.07. The Morgan fingerprint density at radius 1 is 1.39 bits per heavy atom. The molecule has 0 bridgehead atoms. The predicted molar refractivity (Wildman–Crippen MR) is 90.7 cm³/mol. The number of thiophene rings is 1. The molecule has 0 spiro atoms. The Bertz CT molecular complexity index is 537. The molecule has 0 aliphatic carbocycles. The Labute approximate surface area is 140 Å². The molecule has 0 saturated heterocycles. The SMILES string of the molecule is CC(C)C(CNC(=O)OC(C)(C)C)NCc1ccc([N+](=O)[O-])s1. The maximum absolute atomic E-state index is 11.7. The normalized spacial score (nSPS) is 13.0. The summed E-state index contributed by atoms with van der Waals surface area (Å²) in [5.74, 6) is 0.292. The highest BCUT2D eigenvalue weighted by molar-refractivity contribution is 7.15. The lowest BCUT2D eigenvalue weighted by Crippen LogP contribution is -2.45. The van der Waals surface area contributed by atoms with E-state index in [9.17, 15) is 14.9 Å². The summed E-state index contributed by atoms with van der Waals surface area (Å²) < 4.78 is 5.21. The summed E-state index contributed by atoms with van der Waals surface area (Å²) >= 11 is 1.15. The first-order chi connectivity index (χ1) is 10.6. The first kappa shape index (κ1) is 19.4. The first-order valence-corrected chi connectivity index (χ1v) is 8.33. The lowest BCUT2D eigenvalue weighted by molar-refractivity contribution is -0.380. The van der Waals surface area contributed by atoms with Gasteiger partial charge in [0, 0.05) is 30.1 Å². The first-order valence-electron chi connectivity index (χ1n) is 7.52. The molecule has 1 rings (SSSR count). The van der Waals surface area contributed by atoms with Crippen molar-refractivity contribution in [1.29, 1.82) is 0 Å².